The highest BCUT2D eigenvalue weighted by Gasteiger charge is 2.49. The summed E-state index contributed by atoms with van der Waals surface area (Å²) in [6.07, 6.45) is 7.32. The van der Waals surface area contributed by atoms with Crippen molar-refractivity contribution in [2.75, 3.05) is 31.1 Å². The minimum absolute atomic E-state index is 0.0632. The van der Waals surface area contributed by atoms with Crippen LogP contribution >= 0.6 is 0 Å². The summed E-state index contributed by atoms with van der Waals surface area (Å²) >= 11 is 0. The Hall–Kier alpha value is -4.17. The molecule has 0 radical (unpaired) electrons. The van der Waals surface area contributed by atoms with Gasteiger partial charge in [-0.25, -0.2) is 27.5 Å². The molecule has 0 amide bonds. The Labute approximate surface area is 245 Å². The highest BCUT2D eigenvalue weighted by atomic mass is 19.1. The first kappa shape index (κ1) is 27.7. The van der Waals surface area contributed by atoms with Gasteiger partial charge in [0.15, 0.2) is 5.82 Å². The van der Waals surface area contributed by atoms with Crippen molar-refractivity contribution in [2.45, 2.75) is 56.5 Å². The minimum Gasteiger partial charge on any atom is -0.508 e. The molecule has 4 atom stereocenters. The zero-order valence-electron chi connectivity index (χ0n) is 23.5. The summed E-state index contributed by atoms with van der Waals surface area (Å²) in [6.45, 7) is 3.34. The SMILES string of the molecule is C#Cc1c(F)ccc2cc(O)cc(-c3nc(N4CC[C@H](F)[C@@H]4C)c4cnc(OC[C@@]56CCCN5C[C@H](F)C6)nc4c3F)c12. The van der Waals surface area contributed by atoms with E-state index >= 15 is 4.39 Å². The summed E-state index contributed by atoms with van der Waals surface area (Å²) < 4.78 is 66.4. The highest BCUT2D eigenvalue weighted by molar-refractivity contribution is 6.03. The third kappa shape index (κ3) is 4.42. The van der Waals surface area contributed by atoms with Gasteiger partial charge in [-0.3, -0.25) is 4.90 Å². The minimum atomic E-state index is -1.13. The second-order valence-corrected chi connectivity index (χ2v) is 11.8. The molecule has 43 heavy (non-hydrogen) atoms. The molecule has 11 heteroatoms. The van der Waals surface area contributed by atoms with Crippen LogP contribution in [0.2, 0.25) is 0 Å². The second kappa shape index (κ2) is 10.2. The van der Waals surface area contributed by atoms with Crippen molar-refractivity contribution in [3.05, 3.63) is 47.7 Å². The number of anilines is 1. The van der Waals surface area contributed by atoms with E-state index in [0.29, 0.717) is 24.9 Å². The molecule has 0 saturated carbocycles. The van der Waals surface area contributed by atoms with E-state index in [-0.39, 0.29) is 63.7 Å². The predicted molar refractivity (Wildman–Crippen MR) is 155 cm³/mol. The molecule has 0 aliphatic carbocycles. The lowest BCUT2D eigenvalue weighted by Gasteiger charge is -2.30. The maximum Gasteiger partial charge on any atom is 0.317 e. The highest BCUT2D eigenvalue weighted by Crippen LogP contribution is 2.42. The van der Waals surface area contributed by atoms with Crippen molar-refractivity contribution in [3.8, 4) is 35.4 Å². The van der Waals surface area contributed by atoms with E-state index in [9.17, 15) is 18.3 Å². The Morgan fingerprint density at radius 3 is 2.79 bits per heavy atom. The Bertz CT molecular complexity index is 1810. The van der Waals surface area contributed by atoms with Crippen LogP contribution in [-0.4, -0.2) is 75.1 Å². The van der Waals surface area contributed by atoms with Gasteiger partial charge in [0.25, 0.3) is 0 Å². The van der Waals surface area contributed by atoms with E-state index < -0.39 is 35.6 Å². The number of ether oxygens (including phenoxy) is 1. The molecule has 5 heterocycles. The van der Waals surface area contributed by atoms with Crippen LogP contribution in [0.4, 0.5) is 23.4 Å². The number of pyridine rings is 1. The second-order valence-electron chi connectivity index (χ2n) is 11.8. The molecule has 222 valence electrons. The van der Waals surface area contributed by atoms with Crippen LogP contribution < -0.4 is 9.64 Å². The monoisotopic (exact) mass is 591 g/mol. The average Bonchev–Trinajstić information content (AvgIpc) is 3.63. The van der Waals surface area contributed by atoms with E-state index in [0.717, 1.165) is 19.4 Å². The van der Waals surface area contributed by atoms with Gasteiger partial charge in [-0.2, -0.15) is 4.98 Å². The fourth-order valence-corrected chi connectivity index (χ4v) is 7.09. The van der Waals surface area contributed by atoms with Gasteiger partial charge in [-0.05, 0) is 56.3 Å². The Balaban J connectivity index is 1.40. The summed E-state index contributed by atoms with van der Waals surface area (Å²) in [5, 5.41) is 11.4. The van der Waals surface area contributed by atoms with Crippen LogP contribution in [0.3, 0.4) is 0 Å². The van der Waals surface area contributed by atoms with Gasteiger partial charge in [0.1, 0.15) is 47.5 Å². The molecule has 7 rings (SSSR count). The molecule has 4 aromatic rings. The predicted octanol–water partition coefficient (Wildman–Crippen LogP) is 5.70. The maximum atomic E-state index is 16.6. The molecule has 0 spiro atoms. The van der Waals surface area contributed by atoms with Crippen LogP contribution in [0, 0.1) is 24.0 Å². The fraction of sp³-hybridized carbons (Fsp3) is 0.406. The molecule has 3 fully saturated rings. The smallest absolute Gasteiger partial charge is 0.317 e. The fourth-order valence-electron chi connectivity index (χ4n) is 7.09. The number of benzene rings is 2. The van der Waals surface area contributed by atoms with Crippen LogP contribution in [0.15, 0.2) is 30.5 Å². The molecule has 7 nitrogen and oxygen atoms in total. The molecular weight excluding hydrogens is 562 g/mol. The van der Waals surface area contributed by atoms with Gasteiger partial charge in [-0.1, -0.05) is 12.0 Å². The summed E-state index contributed by atoms with van der Waals surface area (Å²) in [5.74, 6) is 0.839. The van der Waals surface area contributed by atoms with Crippen molar-refractivity contribution >= 4 is 27.5 Å². The van der Waals surface area contributed by atoms with Crippen LogP contribution in [0.25, 0.3) is 32.9 Å². The Morgan fingerprint density at radius 1 is 1.19 bits per heavy atom. The van der Waals surface area contributed by atoms with Gasteiger partial charge in [0, 0.05) is 36.7 Å². The molecular formula is C32H29F4N5O2. The number of aromatic hydroxyl groups is 1. The number of alkyl halides is 2. The number of hydrogen-bond acceptors (Lipinski definition) is 7. The summed E-state index contributed by atoms with van der Waals surface area (Å²) in [4.78, 5) is 17.2. The number of fused-ring (bicyclic) bond motifs is 3. The first-order chi connectivity index (χ1) is 20.7. The lowest BCUT2D eigenvalue weighted by atomic mass is 9.95. The van der Waals surface area contributed by atoms with Gasteiger partial charge >= 0.3 is 6.01 Å². The van der Waals surface area contributed by atoms with Crippen molar-refractivity contribution in [1.29, 1.82) is 0 Å². The molecule has 2 aromatic heterocycles. The average molecular weight is 592 g/mol. The summed E-state index contributed by atoms with van der Waals surface area (Å²) in [6, 6.07) is 4.64. The van der Waals surface area contributed by atoms with Crippen molar-refractivity contribution < 1.29 is 27.4 Å². The summed E-state index contributed by atoms with van der Waals surface area (Å²) in [7, 11) is 0. The van der Waals surface area contributed by atoms with E-state index in [1.165, 1.54) is 30.5 Å². The number of aromatic nitrogens is 3. The zero-order chi connectivity index (χ0) is 30.0. The zero-order valence-corrected chi connectivity index (χ0v) is 23.5. The Kier molecular flexibility index (Phi) is 6.58. The van der Waals surface area contributed by atoms with Gasteiger partial charge in [-0.15, -0.1) is 6.42 Å². The largest absolute Gasteiger partial charge is 0.508 e. The van der Waals surface area contributed by atoms with Crippen LogP contribution in [0.1, 0.15) is 38.2 Å². The molecule has 3 aliphatic heterocycles. The van der Waals surface area contributed by atoms with Gasteiger partial charge in [0.05, 0.1) is 22.5 Å². The molecule has 0 unspecified atom stereocenters. The van der Waals surface area contributed by atoms with Crippen LogP contribution in [-0.2, 0) is 0 Å². The first-order valence-corrected chi connectivity index (χ1v) is 14.4. The molecule has 3 saturated heterocycles. The number of phenolic OH excluding ortho intramolecular Hbond substituents is 1. The standard InChI is InChI=1S/C32H29F4N5O2/c1-3-21-25(35)6-5-18-11-20(42)12-22(26(18)21)28-27(36)29-23(30(38-28)41-10-7-24(34)17(41)2)14-37-31(39-29)43-16-32-8-4-9-40(32)15-19(33)13-32/h1,5-6,11-12,14,17,19,24,42H,4,7-10,13,15-16H2,2H3/t17-,19+,24-,32-/m0/s1. The first-order valence-electron chi connectivity index (χ1n) is 14.4. The van der Waals surface area contributed by atoms with Crippen LogP contribution in [0.5, 0.6) is 11.8 Å². The van der Waals surface area contributed by atoms with E-state index in [4.69, 9.17) is 11.2 Å². The maximum absolute atomic E-state index is 16.6. The van der Waals surface area contributed by atoms with Gasteiger partial charge < -0.3 is 14.7 Å². The van der Waals surface area contributed by atoms with Crippen molar-refractivity contribution in [2.24, 2.45) is 0 Å². The third-order valence-corrected chi connectivity index (χ3v) is 9.26. The molecule has 3 aliphatic rings. The number of halogens is 4. The lowest BCUT2D eigenvalue weighted by molar-refractivity contribution is 0.107. The lowest BCUT2D eigenvalue weighted by Crippen LogP contribution is -2.43. The number of hydrogen-bond donors (Lipinski definition) is 1. The molecule has 1 N–H and O–H groups in total. The third-order valence-electron chi connectivity index (χ3n) is 9.26. The number of terminal acetylenes is 1. The normalized spacial score (nSPS) is 25.5. The van der Waals surface area contributed by atoms with E-state index in [2.05, 4.69) is 25.8 Å². The van der Waals surface area contributed by atoms with Crippen molar-refractivity contribution in [3.63, 3.8) is 0 Å². The Morgan fingerprint density at radius 2 is 2.02 bits per heavy atom. The topological polar surface area (TPSA) is 74.6 Å². The molecule has 2 aromatic carbocycles. The molecule has 0 bridgehead atoms. The van der Waals surface area contributed by atoms with Gasteiger partial charge in [0.2, 0.25) is 0 Å². The number of phenols is 1. The number of nitrogens with zero attached hydrogens (tertiary/aromatic N) is 5. The van der Waals surface area contributed by atoms with E-state index in [1.54, 1.807) is 11.8 Å². The summed E-state index contributed by atoms with van der Waals surface area (Å²) in [5.41, 5.74) is -0.870. The van der Waals surface area contributed by atoms with Crippen molar-refractivity contribution in [1.82, 2.24) is 19.9 Å². The van der Waals surface area contributed by atoms with E-state index in [1.807, 2.05) is 0 Å². The quantitative estimate of drug-likeness (QED) is 0.236. The number of rotatable bonds is 5.